The Kier molecular flexibility index (Phi) is 12.3. The van der Waals surface area contributed by atoms with E-state index in [2.05, 4.69) is 5.09 Å². The van der Waals surface area contributed by atoms with Crippen LogP contribution in [0.2, 0.25) is 0 Å². The summed E-state index contributed by atoms with van der Waals surface area (Å²) < 4.78 is 64.1. The average Bonchev–Trinajstić information content (AvgIpc) is 3.04. The molecular weight excluding hydrogens is 615 g/mol. The van der Waals surface area contributed by atoms with Gasteiger partial charge in [-0.3, -0.25) is 33.0 Å². The number of nitrogens with zero attached hydrogens (tertiary/aromatic N) is 1. The number of alkyl halides is 2. The molecule has 0 amide bonds. The van der Waals surface area contributed by atoms with Gasteiger partial charge in [-0.05, 0) is 20.8 Å². The fraction of sp³-hybridized carbons (Fsp3) is 0.739. The number of nitrogens with one attached hydrogen (secondary N) is 2. The summed E-state index contributed by atoms with van der Waals surface area (Å²) in [4.78, 5) is 49.3. The molecule has 1 aromatic heterocycles. The van der Waals surface area contributed by atoms with Gasteiger partial charge in [-0.15, -0.1) is 0 Å². The Morgan fingerprint density at radius 2 is 1.95 bits per heavy atom. The number of hydrogen-bond acceptors (Lipinski definition) is 11. The maximum Gasteiger partial charge on any atom is 0.405 e. The molecule has 1 aromatic rings. The van der Waals surface area contributed by atoms with Crippen LogP contribution < -0.4 is 16.3 Å². The van der Waals surface area contributed by atoms with E-state index < -0.39 is 72.4 Å². The molecule has 3 N–H and O–H groups in total. The smallest absolute Gasteiger partial charge is 0.405 e. The fourth-order valence-electron chi connectivity index (χ4n) is 3.41. The Balaban J connectivity index is 2.17. The second-order valence-corrected chi connectivity index (χ2v) is 14.0. The minimum atomic E-state index is -4.32. The number of thioether (sulfide) groups is 1. The number of carbonyl (C=O) groups is 2. The van der Waals surface area contributed by atoms with Crippen molar-refractivity contribution in [2.24, 2.45) is 5.41 Å². The molecule has 41 heavy (non-hydrogen) atoms. The van der Waals surface area contributed by atoms with Crippen LogP contribution in [0.4, 0.5) is 8.78 Å². The van der Waals surface area contributed by atoms with E-state index in [1.54, 1.807) is 39.6 Å². The van der Waals surface area contributed by atoms with Crippen LogP contribution in [0.15, 0.2) is 15.8 Å². The monoisotopic (exact) mass is 649 g/mol. The number of aliphatic hydroxyl groups is 1. The van der Waals surface area contributed by atoms with Crippen molar-refractivity contribution in [2.45, 2.75) is 83.7 Å². The van der Waals surface area contributed by atoms with Crippen molar-refractivity contribution in [3.63, 3.8) is 0 Å². The van der Waals surface area contributed by atoms with Crippen molar-refractivity contribution < 1.29 is 46.6 Å². The van der Waals surface area contributed by atoms with E-state index in [9.17, 15) is 33.2 Å². The lowest BCUT2D eigenvalue weighted by molar-refractivity contribution is -0.147. The summed E-state index contributed by atoms with van der Waals surface area (Å²) in [5, 5.41) is 9.66. The van der Waals surface area contributed by atoms with Crippen molar-refractivity contribution in [3.8, 4) is 0 Å². The van der Waals surface area contributed by atoms with Crippen LogP contribution in [0.5, 0.6) is 0 Å². The number of aromatic amines is 1. The molecule has 0 aromatic carbocycles. The van der Waals surface area contributed by atoms with Crippen LogP contribution in [0, 0.1) is 11.2 Å². The van der Waals surface area contributed by atoms with Crippen molar-refractivity contribution in [2.75, 3.05) is 19.0 Å². The van der Waals surface area contributed by atoms with E-state index in [1.165, 1.54) is 6.92 Å². The van der Waals surface area contributed by atoms with Gasteiger partial charge in [-0.25, -0.2) is 18.8 Å². The van der Waals surface area contributed by atoms with Gasteiger partial charge in [0.2, 0.25) is 5.82 Å². The number of aliphatic hydroxyl groups excluding tert-OH is 1. The van der Waals surface area contributed by atoms with Gasteiger partial charge in [-0.1, -0.05) is 44.1 Å². The third kappa shape index (κ3) is 9.95. The summed E-state index contributed by atoms with van der Waals surface area (Å²) in [6.07, 6.45) is -6.19. The molecule has 0 aliphatic carbocycles. The van der Waals surface area contributed by atoms with Crippen LogP contribution in [-0.4, -0.2) is 74.2 Å². The SMILES string of the molecule is CC(CC(=O)OC(C)C)NP(=O)(OCCSC(=O)C(C)(C)C)OCC1OC(n2cc(F)c(=O)[nH]c2=O)C(F)(Cl)C1O. The molecule has 1 saturated heterocycles. The minimum absolute atomic E-state index is 0.0928. The molecule has 18 heteroatoms. The molecule has 0 radical (unpaired) electrons. The lowest BCUT2D eigenvalue weighted by atomic mass is 10.00. The van der Waals surface area contributed by atoms with Gasteiger partial charge in [0.05, 0.1) is 31.9 Å². The van der Waals surface area contributed by atoms with Crippen molar-refractivity contribution in [1.82, 2.24) is 14.6 Å². The summed E-state index contributed by atoms with van der Waals surface area (Å²) >= 11 is 6.75. The highest BCUT2D eigenvalue weighted by molar-refractivity contribution is 8.13. The van der Waals surface area contributed by atoms with Crippen LogP contribution in [-0.2, 0) is 32.7 Å². The quantitative estimate of drug-likeness (QED) is 0.123. The van der Waals surface area contributed by atoms with Gasteiger partial charge in [0.25, 0.3) is 10.7 Å². The standard InChI is InChI=1S/C23H35ClF2N3O10PS/c1-12(2)38-16(30)9-13(3)28-40(35,36-7-8-41-20(33)22(4,5)6)37-11-15-17(31)23(24,26)19(39-15)29-10-14(25)18(32)27-21(29)34/h10,12-13,15,17,19,31H,7-9,11H2,1-6H3,(H,28,35)(H,27,32,34). The lowest BCUT2D eigenvalue weighted by Crippen LogP contribution is -2.42. The van der Waals surface area contributed by atoms with Crippen molar-refractivity contribution >= 4 is 42.2 Å². The number of esters is 1. The number of aromatic nitrogens is 2. The van der Waals surface area contributed by atoms with E-state index >= 15 is 4.39 Å². The molecule has 0 spiro atoms. The Morgan fingerprint density at radius 1 is 1.32 bits per heavy atom. The molecule has 6 unspecified atom stereocenters. The number of halogens is 3. The third-order valence-corrected chi connectivity index (χ3v) is 8.80. The zero-order valence-corrected chi connectivity index (χ0v) is 25.8. The Labute approximate surface area is 244 Å². The van der Waals surface area contributed by atoms with Crippen molar-refractivity contribution in [3.05, 3.63) is 32.9 Å². The van der Waals surface area contributed by atoms with Crippen LogP contribution >= 0.6 is 31.1 Å². The molecular formula is C23H35ClF2N3O10PS. The molecule has 1 aliphatic rings. The van der Waals surface area contributed by atoms with Crippen LogP contribution in [0.1, 0.15) is 54.2 Å². The average molecular weight is 650 g/mol. The molecule has 1 aliphatic heterocycles. The van der Waals surface area contributed by atoms with Gasteiger partial charge in [0, 0.05) is 17.2 Å². The minimum Gasteiger partial charge on any atom is -0.463 e. The van der Waals surface area contributed by atoms with Gasteiger partial charge in [0.1, 0.15) is 12.2 Å². The summed E-state index contributed by atoms with van der Waals surface area (Å²) in [5.74, 6) is -1.95. The van der Waals surface area contributed by atoms with Gasteiger partial charge in [-0.2, -0.15) is 4.39 Å². The predicted molar refractivity (Wildman–Crippen MR) is 146 cm³/mol. The number of rotatable bonds is 13. The maximum absolute atomic E-state index is 15.3. The van der Waals surface area contributed by atoms with Gasteiger partial charge < -0.3 is 14.6 Å². The normalized spacial score (nSPS) is 25.2. The van der Waals surface area contributed by atoms with Crippen LogP contribution in [0.3, 0.4) is 0 Å². The van der Waals surface area contributed by atoms with Gasteiger partial charge >= 0.3 is 19.4 Å². The van der Waals surface area contributed by atoms with Crippen molar-refractivity contribution in [1.29, 1.82) is 0 Å². The summed E-state index contributed by atoms with van der Waals surface area (Å²) in [5.41, 5.74) is -3.25. The van der Waals surface area contributed by atoms with E-state index in [1.807, 2.05) is 0 Å². The molecule has 2 heterocycles. The zero-order chi connectivity index (χ0) is 31.3. The summed E-state index contributed by atoms with van der Waals surface area (Å²) in [7, 11) is -4.32. The topological polar surface area (TPSA) is 175 Å². The van der Waals surface area contributed by atoms with E-state index in [4.69, 9.17) is 30.1 Å². The Morgan fingerprint density at radius 3 is 2.54 bits per heavy atom. The van der Waals surface area contributed by atoms with E-state index in [0.717, 1.165) is 11.8 Å². The molecule has 1 fully saturated rings. The van der Waals surface area contributed by atoms with Gasteiger partial charge in [0.15, 0.2) is 11.3 Å². The second kappa shape index (κ2) is 14.2. The number of H-pyrrole nitrogens is 1. The first kappa shape index (κ1) is 35.5. The largest absolute Gasteiger partial charge is 0.463 e. The molecule has 0 bridgehead atoms. The lowest BCUT2D eigenvalue weighted by Gasteiger charge is -2.25. The number of hydrogen-bond donors (Lipinski definition) is 3. The Bertz CT molecular complexity index is 1260. The maximum atomic E-state index is 15.3. The highest BCUT2D eigenvalue weighted by atomic mass is 35.5. The van der Waals surface area contributed by atoms with E-state index in [-0.39, 0.29) is 30.0 Å². The first-order valence-corrected chi connectivity index (χ1v) is 15.4. The molecule has 2 rings (SSSR count). The second-order valence-electron chi connectivity index (χ2n) is 10.6. The Hall–Kier alpha value is -1.65. The highest BCUT2D eigenvalue weighted by Crippen LogP contribution is 2.48. The first-order chi connectivity index (χ1) is 18.8. The molecule has 0 saturated carbocycles. The molecule has 13 nitrogen and oxygen atoms in total. The summed E-state index contributed by atoms with van der Waals surface area (Å²) in [6, 6.07) is -0.811. The van der Waals surface area contributed by atoms with Crippen LogP contribution in [0.25, 0.3) is 0 Å². The van der Waals surface area contributed by atoms with E-state index in [0.29, 0.717) is 10.8 Å². The molecule has 6 atom stereocenters. The third-order valence-electron chi connectivity index (χ3n) is 5.37. The fourth-order valence-corrected chi connectivity index (χ4v) is 6.14. The molecule has 234 valence electrons. The summed E-state index contributed by atoms with van der Waals surface area (Å²) in [6.45, 7) is 8.94. The zero-order valence-electron chi connectivity index (χ0n) is 23.4. The number of ether oxygens (including phenoxy) is 2. The highest BCUT2D eigenvalue weighted by Gasteiger charge is 2.58. The first-order valence-electron chi connectivity index (χ1n) is 12.5. The number of carbonyl (C=O) groups excluding carboxylic acids is 2. The predicted octanol–water partition coefficient (Wildman–Crippen LogP) is 2.61.